The van der Waals surface area contributed by atoms with Crippen LogP contribution in [0.3, 0.4) is 0 Å². The first-order valence-electron chi connectivity index (χ1n) is 8.07. The van der Waals surface area contributed by atoms with Crippen LogP contribution in [0.5, 0.6) is 0 Å². The standard InChI is InChI=1S/C18H20O8S/c1-10(19)24-14-9-18(17(22)23-4,26-12(3)21)8-13(15-6-5-7-27-15)16(14)25-11(2)20/h5-8,14,16H,9H2,1-4H3. The zero-order valence-corrected chi connectivity index (χ0v) is 16.2. The lowest BCUT2D eigenvalue weighted by Gasteiger charge is -2.39. The van der Waals surface area contributed by atoms with Crippen LogP contribution in [0.15, 0.2) is 23.6 Å². The van der Waals surface area contributed by atoms with Gasteiger partial charge in [-0.1, -0.05) is 6.07 Å². The number of rotatable bonds is 5. The molecule has 1 aliphatic rings. The highest BCUT2D eigenvalue weighted by Crippen LogP contribution is 2.40. The quantitative estimate of drug-likeness (QED) is 0.549. The lowest BCUT2D eigenvalue weighted by atomic mass is 9.81. The summed E-state index contributed by atoms with van der Waals surface area (Å²) in [6, 6.07) is 3.52. The van der Waals surface area contributed by atoms with E-state index in [0.29, 0.717) is 10.5 Å². The van der Waals surface area contributed by atoms with Crippen molar-refractivity contribution in [2.24, 2.45) is 0 Å². The van der Waals surface area contributed by atoms with Crippen LogP contribution < -0.4 is 0 Å². The van der Waals surface area contributed by atoms with Crippen LogP contribution in [0.1, 0.15) is 32.1 Å². The lowest BCUT2D eigenvalue weighted by molar-refractivity contribution is -0.184. The molecule has 0 bridgehead atoms. The number of ether oxygens (including phenoxy) is 4. The van der Waals surface area contributed by atoms with E-state index in [4.69, 9.17) is 18.9 Å². The van der Waals surface area contributed by atoms with Gasteiger partial charge in [0.15, 0.2) is 6.10 Å². The predicted molar refractivity (Wildman–Crippen MR) is 94.5 cm³/mol. The van der Waals surface area contributed by atoms with Gasteiger partial charge in [0, 0.05) is 37.6 Å². The molecule has 0 saturated carbocycles. The van der Waals surface area contributed by atoms with Crippen molar-refractivity contribution in [2.75, 3.05) is 7.11 Å². The Morgan fingerprint density at radius 2 is 1.74 bits per heavy atom. The molecule has 0 saturated heterocycles. The van der Waals surface area contributed by atoms with Gasteiger partial charge in [0.25, 0.3) is 0 Å². The van der Waals surface area contributed by atoms with Crippen molar-refractivity contribution >= 4 is 40.8 Å². The highest BCUT2D eigenvalue weighted by Gasteiger charge is 2.52. The fraction of sp³-hybridized carbons (Fsp3) is 0.444. The monoisotopic (exact) mass is 396 g/mol. The molecule has 1 aromatic heterocycles. The van der Waals surface area contributed by atoms with Crippen LogP contribution in [0.2, 0.25) is 0 Å². The smallest absolute Gasteiger partial charge is 0.354 e. The first kappa shape index (κ1) is 20.6. The molecule has 0 radical (unpaired) electrons. The third kappa shape index (κ3) is 4.73. The summed E-state index contributed by atoms with van der Waals surface area (Å²) >= 11 is 1.33. The molecule has 0 aromatic carbocycles. The van der Waals surface area contributed by atoms with Crippen LogP contribution in [0.4, 0.5) is 0 Å². The highest BCUT2D eigenvalue weighted by molar-refractivity contribution is 7.11. The lowest BCUT2D eigenvalue weighted by Crippen LogP contribution is -2.52. The van der Waals surface area contributed by atoms with Gasteiger partial charge in [-0.25, -0.2) is 4.79 Å². The van der Waals surface area contributed by atoms with Gasteiger partial charge in [-0.2, -0.15) is 0 Å². The fourth-order valence-electron chi connectivity index (χ4n) is 2.97. The molecule has 2 rings (SSSR count). The molecule has 1 aliphatic carbocycles. The van der Waals surface area contributed by atoms with E-state index in [1.54, 1.807) is 17.5 Å². The second-order valence-electron chi connectivity index (χ2n) is 5.93. The second kappa shape index (κ2) is 8.34. The van der Waals surface area contributed by atoms with Gasteiger partial charge in [0.1, 0.15) is 6.10 Å². The highest BCUT2D eigenvalue weighted by atomic mass is 32.1. The summed E-state index contributed by atoms with van der Waals surface area (Å²) in [6.45, 7) is 3.58. The molecule has 0 fully saturated rings. The molecule has 1 aromatic rings. The minimum absolute atomic E-state index is 0.244. The largest absolute Gasteiger partial charge is 0.466 e. The van der Waals surface area contributed by atoms with Crippen molar-refractivity contribution in [3.63, 3.8) is 0 Å². The molecule has 0 amide bonds. The average Bonchev–Trinajstić information content (AvgIpc) is 3.09. The van der Waals surface area contributed by atoms with E-state index in [-0.39, 0.29) is 6.42 Å². The molecule has 9 heteroatoms. The Labute approximate surface area is 160 Å². The number of methoxy groups -OCH3 is 1. The van der Waals surface area contributed by atoms with Gasteiger partial charge >= 0.3 is 23.9 Å². The molecule has 0 N–H and O–H groups in total. The fourth-order valence-corrected chi connectivity index (χ4v) is 3.74. The van der Waals surface area contributed by atoms with E-state index in [0.717, 1.165) is 14.0 Å². The van der Waals surface area contributed by atoms with Crippen molar-refractivity contribution in [3.05, 3.63) is 28.5 Å². The molecule has 0 spiro atoms. The van der Waals surface area contributed by atoms with Crippen LogP contribution in [-0.4, -0.2) is 48.8 Å². The summed E-state index contributed by atoms with van der Waals surface area (Å²) < 4.78 is 20.8. The van der Waals surface area contributed by atoms with Gasteiger partial charge in [-0.3, -0.25) is 14.4 Å². The molecule has 3 atom stereocenters. The van der Waals surface area contributed by atoms with Gasteiger partial charge in [0.05, 0.1) is 7.11 Å². The molecule has 146 valence electrons. The Bertz CT molecular complexity index is 766. The van der Waals surface area contributed by atoms with Crippen molar-refractivity contribution in [2.45, 2.75) is 45.0 Å². The maximum atomic E-state index is 12.5. The van der Waals surface area contributed by atoms with Crippen molar-refractivity contribution in [1.29, 1.82) is 0 Å². The Morgan fingerprint density at radius 1 is 1.07 bits per heavy atom. The Balaban J connectivity index is 2.66. The molecule has 27 heavy (non-hydrogen) atoms. The van der Waals surface area contributed by atoms with E-state index in [1.165, 1.54) is 31.3 Å². The number of carbonyl (C=O) groups excluding carboxylic acids is 4. The number of hydrogen-bond acceptors (Lipinski definition) is 9. The third-order valence-corrected chi connectivity index (χ3v) is 4.73. The maximum absolute atomic E-state index is 12.5. The van der Waals surface area contributed by atoms with E-state index < -0.39 is 41.7 Å². The summed E-state index contributed by atoms with van der Waals surface area (Å²) in [5.41, 5.74) is -1.42. The van der Waals surface area contributed by atoms with Crippen molar-refractivity contribution in [3.8, 4) is 0 Å². The number of carbonyl (C=O) groups is 4. The SMILES string of the molecule is COC(=O)C1(OC(C)=O)C=C(c2cccs2)C(OC(C)=O)C(OC(C)=O)C1. The molecule has 0 aliphatic heterocycles. The van der Waals surface area contributed by atoms with Gasteiger partial charge in [-0.05, 0) is 17.5 Å². The summed E-state index contributed by atoms with van der Waals surface area (Å²) in [7, 11) is 1.16. The zero-order valence-electron chi connectivity index (χ0n) is 15.3. The first-order valence-corrected chi connectivity index (χ1v) is 8.95. The number of esters is 4. The second-order valence-corrected chi connectivity index (χ2v) is 6.88. The van der Waals surface area contributed by atoms with Crippen LogP contribution >= 0.6 is 11.3 Å². The average molecular weight is 396 g/mol. The topological polar surface area (TPSA) is 105 Å². The van der Waals surface area contributed by atoms with Crippen molar-refractivity contribution < 1.29 is 38.1 Å². The predicted octanol–water partition coefficient (Wildman–Crippen LogP) is 1.87. The number of hydrogen-bond donors (Lipinski definition) is 0. The van der Waals surface area contributed by atoms with E-state index in [2.05, 4.69) is 0 Å². The van der Waals surface area contributed by atoms with Gasteiger partial charge in [-0.15, -0.1) is 11.3 Å². The molecule has 8 nitrogen and oxygen atoms in total. The van der Waals surface area contributed by atoms with Gasteiger partial charge < -0.3 is 18.9 Å². The summed E-state index contributed by atoms with van der Waals surface area (Å²) in [5, 5.41) is 1.79. The third-order valence-electron chi connectivity index (χ3n) is 3.81. The Morgan fingerprint density at radius 3 is 2.22 bits per heavy atom. The maximum Gasteiger partial charge on any atom is 0.354 e. The summed E-state index contributed by atoms with van der Waals surface area (Å²) in [5.74, 6) is -2.76. The Hall–Kier alpha value is -2.68. The summed E-state index contributed by atoms with van der Waals surface area (Å²) in [4.78, 5) is 48.1. The minimum atomic E-state index is -1.81. The van der Waals surface area contributed by atoms with Crippen LogP contribution in [0.25, 0.3) is 5.57 Å². The molecular weight excluding hydrogens is 376 g/mol. The van der Waals surface area contributed by atoms with E-state index >= 15 is 0 Å². The van der Waals surface area contributed by atoms with Crippen molar-refractivity contribution in [1.82, 2.24) is 0 Å². The first-order chi connectivity index (χ1) is 12.7. The molecule has 3 unspecified atom stereocenters. The summed E-state index contributed by atoms with van der Waals surface area (Å²) in [6.07, 6.45) is -0.851. The van der Waals surface area contributed by atoms with Crippen LogP contribution in [0, 0.1) is 0 Å². The number of thiophene rings is 1. The van der Waals surface area contributed by atoms with E-state index in [9.17, 15) is 19.2 Å². The Kier molecular flexibility index (Phi) is 6.37. The van der Waals surface area contributed by atoms with Crippen LogP contribution in [-0.2, 0) is 38.1 Å². The normalized spacial score (nSPS) is 24.4. The molecule has 1 heterocycles. The van der Waals surface area contributed by atoms with E-state index in [1.807, 2.05) is 0 Å². The minimum Gasteiger partial charge on any atom is -0.466 e. The zero-order chi connectivity index (χ0) is 20.2. The van der Waals surface area contributed by atoms with Gasteiger partial charge in [0.2, 0.25) is 5.60 Å². The molecular formula is C18H20O8S.